The first-order valence-electron chi connectivity index (χ1n) is 8.87. The minimum atomic E-state index is 0. The SMILES string of the molecule is CN=C(NCCCC(=O)NC1CC1)NCCc1ccc2c(c1)OCO2.I. The van der Waals surface area contributed by atoms with Crippen LogP contribution in [0.25, 0.3) is 0 Å². The number of aliphatic imine (C=N–C) groups is 1. The van der Waals surface area contributed by atoms with Gasteiger partial charge in [-0.15, -0.1) is 24.0 Å². The third-order valence-electron chi connectivity index (χ3n) is 4.18. The van der Waals surface area contributed by atoms with Gasteiger partial charge in [0, 0.05) is 32.6 Å². The zero-order valence-electron chi connectivity index (χ0n) is 15.0. The molecule has 3 N–H and O–H groups in total. The molecule has 0 atom stereocenters. The molecule has 26 heavy (non-hydrogen) atoms. The predicted molar refractivity (Wildman–Crippen MR) is 111 cm³/mol. The average Bonchev–Trinajstić information content (AvgIpc) is 3.30. The van der Waals surface area contributed by atoms with Crippen molar-refractivity contribution in [2.75, 3.05) is 26.9 Å². The van der Waals surface area contributed by atoms with Crippen LogP contribution in [-0.4, -0.2) is 44.8 Å². The first-order chi connectivity index (χ1) is 12.2. The number of hydrogen-bond acceptors (Lipinski definition) is 4. The second-order valence-corrected chi connectivity index (χ2v) is 6.31. The number of carbonyl (C=O) groups excluding carboxylic acids is 1. The maximum Gasteiger partial charge on any atom is 0.231 e. The second kappa shape index (κ2) is 10.4. The Morgan fingerprint density at radius 2 is 1.96 bits per heavy atom. The van der Waals surface area contributed by atoms with Gasteiger partial charge in [-0.25, -0.2) is 0 Å². The van der Waals surface area contributed by atoms with E-state index < -0.39 is 0 Å². The first kappa shape index (κ1) is 20.6. The van der Waals surface area contributed by atoms with Gasteiger partial charge in [-0.1, -0.05) is 6.07 Å². The third-order valence-corrected chi connectivity index (χ3v) is 4.18. The van der Waals surface area contributed by atoms with Crippen molar-refractivity contribution in [1.82, 2.24) is 16.0 Å². The Bertz CT molecular complexity index is 635. The molecule has 8 heteroatoms. The zero-order valence-corrected chi connectivity index (χ0v) is 17.4. The highest BCUT2D eigenvalue weighted by Gasteiger charge is 2.22. The summed E-state index contributed by atoms with van der Waals surface area (Å²) in [7, 11) is 1.75. The predicted octanol–water partition coefficient (Wildman–Crippen LogP) is 1.80. The number of amides is 1. The Labute approximate surface area is 171 Å². The number of ether oxygens (including phenoxy) is 2. The van der Waals surface area contributed by atoms with E-state index in [1.165, 1.54) is 5.56 Å². The Balaban J connectivity index is 0.00000243. The van der Waals surface area contributed by atoms with Crippen LogP contribution in [0.15, 0.2) is 23.2 Å². The molecular formula is C18H27IN4O3. The van der Waals surface area contributed by atoms with Crippen molar-refractivity contribution in [1.29, 1.82) is 0 Å². The largest absolute Gasteiger partial charge is 0.454 e. The lowest BCUT2D eigenvalue weighted by Crippen LogP contribution is -2.39. The summed E-state index contributed by atoms with van der Waals surface area (Å²) < 4.78 is 10.7. The van der Waals surface area contributed by atoms with Crippen molar-refractivity contribution < 1.29 is 14.3 Å². The van der Waals surface area contributed by atoms with Crippen molar-refractivity contribution in [3.05, 3.63) is 23.8 Å². The van der Waals surface area contributed by atoms with Crippen LogP contribution in [0.3, 0.4) is 0 Å². The van der Waals surface area contributed by atoms with Gasteiger partial charge in [-0.05, 0) is 43.4 Å². The lowest BCUT2D eigenvalue weighted by molar-refractivity contribution is -0.121. The highest BCUT2D eigenvalue weighted by molar-refractivity contribution is 14.0. The van der Waals surface area contributed by atoms with E-state index in [1.807, 2.05) is 18.2 Å². The van der Waals surface area contributed by atoms with Gasteiger partial charge in [0.05, 0.1) is 0 Å². The van der Waals surface area contributed by atoms with Crippen LogP contribution in [-0.2, 0) is 11.2 Å². The standard InChI is InChI=1S/C18H26N4O3.HI/c1-19-18(20-9-2-3-17(23)22-14-5-6-14)21-10-8-13-4-7-15-16(11-13)25-12-24-15;/h4,7,11,14H,2-3,5-6,8-10,12H2,1H3,(H,22,23)(H2,19,20,21);1H. The lowest BCUT2D eigenvalue weighted by Gasteiger charge is -2.12. The lowest BCUT2D eigenvalue weighted by atomic mass is 10.1. The third kappa shape index (κ3) is 6.54. The fourth-order valence-electron chi connectivity index (χ4n) is 2.63. The Kier molecular flexibility index (Phi) is 8.27. The molecule has 1 aliphatic carbocycles. The van der Waals surface area contributed by atoms with Gasteiger partial charge >= 0.3 is 0 Å². The van der Waals surface area contributed by atoms with Crippen molar-refractivity contribution in [2.45, 2.75) is 38.1 Å². The highest BCUT2D eigenvalue weighted by Crippen LogP contribution is 2.32. The number of nitrogens with zero attached hydrogens (tertiary/aromatic N) is 1. The molecule has 1 saturated carbocycles. The molecule has 1 fully saturated rings. The van der Waals surface area contributed by atoms with Gasteiger partial charge in [0.2, 0.25) is 12.7 Å². The van der Waals surface area contributed by atoms with Crippen LogP contribution in [0.4, 0.5) is 0 Å². The molecule has 0 aromatic heterocycles. The number of guanidine groups is 1. The van der Waals surface area contributed by atoms with Crippen LogP contribution >= 0.6 is 24.0 Å². The van der Waals surface area contributed by atoms with Crippen LogP contribution in [0.2, 0.25) is 0 Å². The van der Waals surface area contributed by atoms with E-state index in [1.54, 1.807) is 7.05 Å². The number of benzene rings is 1. The summed E-state index contributed by atoms with van der Waals surface area (Å²) in [5, 5.41) is 9.51. The summed E-state index contributed by atoms with van der Waals surface area (Å²) in [6, 6.07) is 6.44. The minimum Gasteiger partial charge on any atom is -0.454 e. The van der Waals surface area contributed by atoms with E-state index in [-0.39, 0.29) is 29.9 Å². The number of fused-ring (bicyclic) bond motifs is 1. The molecule has 7 nitrogen and oxygen atoms in total. The Hall–Kier alpha value is -1.71. The molecule has 0 spiro atoms. The average molecular weight is 474 g/mol. The van der Waals surface area contributed by atoms with Gasteiger partial charge in [0.15, 0.2) is 17.5 Å². The molecule has 0 unspecified atom stereocenters. The van der Waals surface area contributed by atoms with E-state index in [0.29, 0.717) is 19.3 Å². The topological polar surface area (TPSA) is 84.0 Å². The second-order valence-electron chi connectivity index (χ2n) is 6.31. The fraction of sp³-hybridized carbons (Fsp3) is 0.556. The summed E-state index contributed by atoms with van der Waals surface area (Å²) in [6.07, 6.45) is 4.47. The Morgan fingerprint density at radius 1 is 1.19 bits per heavy atom. The number of carbonyl (C=O) groups is 1. The normalized spacial score (nSPS) is 15.2. The molecule has 1 aromatic rings. The summed E-state index contributed by atoms with van der Waals surface area (Å²) in [6.45, 7) is 1.79. The van der Waals surface area contributed by atoms with Gasteiger partial charge in [-0.2, -0.15) is 0 Å². The monoisotopic (exact) mass is 474 g/mol. The van der Waals surface area contributed by atoms with Crippen LogP contribution in [0.5, 0.6) is 11.5 Å². The smallest absolute Gasteiger partial charge is 0.231 e. The van der Waals surface area contributed by atoms with E-state index in [4.69, 9.17) is 9.47 Å². The van der Waals surface area contributed by atoms with Gasteiger partial charge in [0.25, 0.3) is 0 Å². The molecule has 2 aliphatic rings. The number of hydrogen-bond donors (Lipinski definition) is 3. The molecule has 0 saturated heterocycles. The van der Waals surface area contributed by atoms with Crippen molar-refractivity contribution >= 4 is 35.8 Å². The van der Waals surface area contributed by atoms with E-state index in [0.717, 1.165) is 56.2 Å². The molecule has 1 amide bonds. The molecule has 1 aromatic carbocycles. The molecule has 1 aliphatic heterocycles. The van der Waals surface area contributed by atoms with Crippen molar-refractivity contribution in [2.24, 2.45) is 4.99 Å². The molecule has 144 valence electrons. The van der Waals surface area contributed by atoms with E-state index >= 15 is 0 Å². The van der Waals surface area contributed by atoms with E-state index in [2.05, 4.69) is 20.9 Å². The maximum absolute atomic E-state index is 11.6. The van der Waals surface area contributed by atoms with Crippen LogP contribution in [0.1, 0.15) is 31.2 Å². The van der Waals surface area contributed by atoms with Gasteiger partial charge in [-0.3, -0.25) is 9.79 Å². The number of rotatable bonds is 8. The van der Waals surface area contributed by atoms with E-state index in [9.17, 15) is 4.79 Å². The number of halogens is 1. The molecule has 0 radical (unpaired) electrons. The Morgan fingerprint density at radius 3 is 2.73 bits per heavy atom. The van der Waals surface area contributed by atoms with Crippen molar-refractivity contribution in [3.63, 3.8) is 0 Å². The van der Waals surface area contributed by atoms with Gasteiger partial charge in [0.1, 0.15) is 0 Å². The zero-order chi connectivity index (χ0) is 17.5. The number of nitrogens with one attached hydrogen (secondary N) is 3. The van der Waals surface area contributed by atoms with Gasteiger partial charge < -0.3 is 25.4 Å². The molecular weight excluding hydrogens is 447 g/mol. The summed E-state index contributed by atoms with van der Waals surface area (Å²) in [4.78, 5) is 15.8. The summed E-state index contributed by atoms with van der Waals surface area (Å²) >= 11 is 0. The van der Waals surface area contributed by atoms with Crippen LogP contribution in [0, 0.1) is 0 Å². The molecule has 0 bridgehead atoms. The quantitative estimate of drug-likeness (QED) is 0.232. The molecule has 1 heterocycles. The fourth-order valence-corrected chi connectivity index (χ4v) is 2.63. The first-order valence-corrected chi connectivity index (χ1v) is 8.87. The summed E-state index contributed by atoms with van der Waals surface area (Å²) in [5.74, 6) is 2.52. The molecule has 3 rings (SSSR count). The highest BCUT2D eigenvalue weighted by atomic mass is 127. The maximum atomic E-state index is 11.6. The summed E-state index contributed by atoms with van der Waals surface area (Å²) in [5.41, 5.74) is 1.18. The minimum absolute atomic E-state index is 0. The van der Waals surface area contributed by atoms with Crippen molar-refractivity contribution in [3.8, 4) is 11.5 Å². The van der Waals surface area contributed by atoms with Crippen LogP contribution < -0.4 is 25.4 Å².